The number of hydrogen-bond donors (Lipinski definition) is 2. The summed E-state index contributed by atoms with van der Waals surface area (Å²) in [7, 11) is 3.15. The van der Waals surface area contributed by atoms with Crippen LogP contribution in [0.3, 0.4) is 0 Å². The molecule has 0 fully saturated rings. The third-order valence-electron chi connectivity index (χ3n) is 5.69. The Labute approximate surface area is 191 Å². The summed E-state index contributed by atoms with van der Waals surface area (Å²) in [5.41, 5.74) is 2.83. The molecule has 33 heavy (non-hydrogen) atoms. The maximum atomic E-state index is 13.2. The lowest BCUT2D eigenvalue weighted by atomic mass is 9.92. The van der Waals surface area contributed by atoms with Crippen LogP contribution in [0.4, 0.5) is 0 Å². The fourth-order valence-corrected chi connectivity index (χ4v) is 3.96. The second kappa shape index (κ2) is 9.08. The van der Waals surface area contributed by atoms with Crippen LogP contribution in [0.25, 0.3) is 5.57 Å². The van der Waals surface area contributed by atoms with Crippen LogP contribution in [-0.2, 0) is 11.3 Å². The number of nitrogens with zero attached hydrogens (tertiary/aromatic N) is 1. The number of benzene rings is 3. The molecule has 7 nitrogen and oxygen atoms in total. The predicted octanol–water partition coefficient (Wildman–Crippen LogP) is 4.45. The first-order valence-corrected chi connectivity index (χ1v) is 10.3. The molecule has 0 saturated carbocycles. The Hall–Kier alpha value is -4.26. The quantitative estimate of drug-likeness (QED) is 0.558. The molecular formula is C26H23NO6. The third kappa shape index (κ3) is 4.25. The molecule has 0 spiro atoms. The minimum Gasteiger partial charge on any atom is -0.503 e. The van der Waals surface area contributed by atoms with E-state index in [1.54, 1.807) is 55.5 Å². The molecule has 3 aromatic rings. The lowest BCUT2D eigenvalue weighted by Crippen LogP contribution is -2.29. The van der Waals surface area contributed by atoms with Gasteiger partial charge in [-0.05, 0) is 53.1 Å². The molecule has 4 rings (SSSR count). The van der Waals surface area contributed by atoms with Crippen LogP contribution in [-0.4, -0.2) is 41.2 Å². The van der Waals surface area contributed by atoms with Crippen LogP contribution < -0.4 is 9.47 Å². The summed E-state index contributed by atoms with van der Waals surface area (Å²) in [4.78, 5) is 26.1. The Morgan fingerprint density at radius 1 is 0.879 bits per heavy atom. The number of aliphatic hydroxyl groups excluding tert-OH is 1. The van der Waals surface area contributed by atoms with Gasteiger partial charge in [-0.3, -0.25) is 4.79 Å². The SMILES string of the molecule is COc1ccc(CN2C(=O)C(O)=C(c3ccc(OC)cc3)[C@@H]2c2ccc(C(=O)O)cc2)cc1. The summed E-state index contributed by atoms with van der Waals surface area (Å²) < 4.78 is 10.4. The molecule has 1 atom stereocenters. The van der Waals surface area contributed by atoms with Gasteiger partial charge in [-0.2, -0.15) is 0 Å². The lowest BCUT2D eigenvalue weighted by Gasteiger charge is -2.27. The summed E-state index contributed by atoms with van der Waals surface area (Å²) in [5, 5.41) is 20.1. The van der Waals surface area contributed by atoms with Crippen LogP contribution in [0.1, 0.15) is 33.1 Å². The number of amides is 1. The number of ether oxygens (including phenoxy) is 2. The zero-order chi connectivity index (χ0) is 23.5. The summed E-state index contributed by atoms with van der Waals surface area (Å²) >= 11 is 0. The summed E-state index contributed by atoms with van der Waals surface area (Å²) in [5.74, 6) is -0.509. The average molecular weight is 445 g/mol. The fourth-order valence-electron chi connectivity index (χ4n) is 3.96. The van der Waals surface area contributed by atoms with E-state index in [4.69, 9.17) is 9.47 Å². The molecular weight excluding hydrogens is 422 g/mol. The zero-order valence-electron chi connectivity index (χ0n) is 18.2. The Morgan fingerprint density at radius 3 is 1.94 bits per heavy atom. The van der Waals surface area contributed by atoms with E-state index in [1.807, 2.05) is 24.3 Å². The lowest BCUT2D eigenvalue weighted by molar-refractivity contribution is -0.130. The molecule has 0 saturated heterocycles. The molecule has 7 heteroatoms. The molecule has 1 aliphatic heterocycles. The van der Waals surface area contributed by atoms with E-state index < -0.39 is 17.9 Å². The van der Waals surface area contributed by atoms with Gasteiger partial charge in [-0.1, -0.05) is 36.4 Å². The van der Waals surface area contributed by atoms with Crippen molar-refractivity contribution in [2.45, 2.75) is 12.6 Å². The number of aliphatic hydroxyl groups is 1. The Balaban J connectivity index is 1.77. The zero-order valence-corrected chi connectivity index (χ0v) is 18.2. The van der Waals surface area contributed by atoms with Crippen LogP contribution >= 0.6 is 0 Å². The van der Waals surface area contributed by atoms with Crippen molar-refractivity contribution in [2.75, 3.05) is 14.2 Å². The van der Waals surface area contributed by atoms with Gasteiger partial charge in [0, 0.05) is 12.1 Å². The highest BCUT2D eigenvalue weighted by atomic mass is 16.5. The number of rotatable bonds is 7. The van der Waals surface area contributed by atoms with Crippen molar-refractivity contribution >= 4 is 17.4 Å². The minimum atomic E-state index is -1.03. The molecule has 0 bridgehead atoms. The second-order valence-electron chi connectivity index (χ2n) is 7.60. The van der Waals surface area contributed by atoms with Crippen molar-refractivity contribution in [3.05, 3.63) is 101 Å². The number of aromatic carboxylic acids is 1. The minimum absolute atomic E-state index is 0.143. The van der Waals surface area contributed by atoms with Crippen LogP contribution in [0.2, 0.25) is 0 Å². The monoisotopic (exact) mass is 445 g/mol. The number of carbonyl (C=O) groups is 2. The highest BCUT2D eigenvalue weighted by Gasteiger charge is 2.41. The van der Waals surface area contributed by atoms with Crippen LogP contribution in [0, 0.1) is 0 Å². The van der Waals surface area contributed by atoms with E-state index in [9.17, 15) is 19.8 Å². The molecule has 3 aromatic carbocycles. The first-order chi connectivity index (χ1) is 15.9. The molecule has 1 heterocycles. The number of hydrogen-bond acceptors (Lipinski definition) is 5. The number of carboxylic acids is 1. The molecule has 0 aliphatic carbocycles. The van der Waals surface area contributed by atoms with Crippen molar-refractivity contribution < 1.29 is 29.3 Å². The van der Waals surface area contributed by atoms with E-state index in [-0.39, 0.29) is 17.9 Å². The normalized spacial score (nSPS) is 15.6. The van der Waals surface area contributed by atoms with E-state index in [2.05, 4.69) is 0 Å². The maximum Gasteiger partial charge on any atom is 0.335 e. The predicted molar refractivity (Wildman–Crippen MR) is 122 cm³/mol. The van der Waals surface area contributed by atoms with Crippen molar-refractivity contribution in [1.82, 2.24) is 4.90 Å². The topological polar surface area (TPSA) is 96.3 Å². The second-order valence-corrected chi connectivity index (χ2v) is 7.60. The summed E-state index contributed by atoms with van der Waals surface area (Å²) in [6, 6.07) is 20.2. The molecule has 0 radical (unpaired) electrons. The van der Waals surface area contributed by atoms with Gasteiger partial charge in [-0.15, -0.1) is 0 Å². The molecule has 0 unspecified atom stereocenters. The Kier molecular flexibility index (Phi) is 6.04. The van der Waals surface area contributed by atoms with E-state index in [0.29, 0.717) is 28.2 Å². The van der Waals surface area contributed by atoms with Gasteiger partial charge >= 0.3 is 5.97 Å². The highest BCUT2D eigenvalue weighted by molar-refractivity contribution is 6.05. The molecule has 1 aliphatic rings. The highest BCUT2D eigenvalue weighted by Crippen LogP contribution is 2.44. The first-order valence-electron chi connectivity index (χ1n) is 10.3. The fraction of sp³-hybridized carbons (Fsp3) is 0.154. The van der Waals surface area contributed by atoms with Crippen LogP contribution in [0.15, 0.2) is 78.6 Å². The van der Waals surface area contributed by atoms with Gasteiger partial charge in [0.2, 0.25) is 0 Å². The van der Waals surface area contributed by atoms with Crippen molar-refractivity contribution in [3.63, 3.8) is 0 Å². The summed E-state index contributed by atoms with van der Waals surface area (Å²) in [6.07, 6.45) is 0. The van der Waals surface area contributed by atoms with Gasteiger partial charge < -0.3 is 24.6 Å². The Bertz CT molecular complexity index is 1200. The van der Waals surface area contributed by atoms with Crippen LogP contribution in [0.5, 0.6) is 11.5 Å². The first kappa shape index (κ1) is 22.0. The Morgan fingerprint density at radius 2 is 1.42 bits per heavy atom. The third-order valence-corrected chi connectivity index (χ3v) is 5.69. The number of carboxylic acid groups (broad SMARTS) is 1. The number of methoxy groups -OCH3 is 2. The van der Waals surface area contributed by atoms with Crippen molar-refractivity contribution in [3.8, 4) is 11.5 Å². The van der Waals surface area contributed by atoms with Gasteiger partial charge in [0.1, 0.15) is 11.5 Å². The van der Waals surface area contributed by atoms with Gasteiger partial charge in [-0.25, -0.2) is 4.79 Å². The van der Waals surface area contributed by atoms with Crippen molar-refractivity contribution in [2.24, 2.45) is 0 Å². The maximum absolute atomic E-state index is 13.2. The standard InChI is InChI=1S/C26H23NO6/c1-32-20-11-3-16(4-12-20)15-27-23(18-5-7-19(8-6-18)26(30)31)22(24(28)25(27)29)17-9-13-21(33-2)14-10-17/h3-14,23,28H,15H2,1-2H3,(H,30,31)/t23-/m0/s1. The number of carbonyl (C=O) groups excluding carboxylic acids is 1. The van der Waals surface area contributed by atoms with Crippen molar-refractivity contribution in [1.29, 1.82) is 0 Å². The smallest absolute Gasteiger partial charge is 0.335 e. The summed E-state index contributed by atoms with van der Waals surface area (Å²) in [6.45, 7) is 0.248. The van der Waals surface area contributed by atoms with E-state index in [0.717, 1.165) is 5.56 Å². The van der Waals surface area contributed by atoms with Gasteiger partial charge in [0.05, 0.1) is 25.8 Å². The average Bonchev–Trinajstić information content (AvgIpc) is 3.09. The molecule has 1 amide bonds. The largest absolute Gasteiger partial charge is 0.503 e. The van der Waals surface area contributed by atoms with E-state index in [1.165, 1.54) is 12.1 Å². The molecule has 2 N–H and O–H groups in total. The molecule has 168 valence electrons. The molecule has 0 aromatic heterocycles. The van der Waals surface area contributed by atoms with E-state index >= 15 is 0 Å². The van der Waals surface area contributed by atoms with Gasteiger partial charge in [0.25, 0.3) is 5.91 Å². The van der Waals surface area contributed by atoms with Gasteiger partial charge in [0.15, 0.2) is 5.76 Å².